The van der Waals surface area contributed by atoms with Crippen LogP contribution in [-0.4, -0.2) is 5.97 Å². The van der Waals surface area contributed by atoms with E-state index in [0.717, 1.165) is 0 Å². The lowest BCUT2D eigenvalue weighted by Crippen LogP contribution is -2.14. The lowest BCUT2D eigenvalue weighted by Gasteiger charge is -2.09. The molecular formula is C15H11Br2F5O2. The summed E-state index contributed by atoms with van der Waals surface area (Å²) in [5.41, 5.74) is -1.62. The second kappa shape index (κ2) is 6.74. The van der Waals surface area contributed by atoms with Crippen molar-refractivity contribution in [3.8, 4) is 0 Å². The molecule has 1 saturated carbocycles. The SMILES string of the molecule is CC1(C)C(C=C(Br)Br)C1C(=O)OCc1c(F)c(F)c(F)c(F)c1F. The first kappa shape index (κ1) is 19.4. The molecule has 1 aromatic rings. The van der Waals surface area contributed by atoms with E-state index in [1.165, 1.54) is 0 Å². The first-order valence-corrected chi connectivity index (χ1v) is 8.28. The number of esters is 1. The maximum atomic E-state index is 13.5. The predicted octanol–water partition coefficient (Wildman–Crippen LogP) is 5.33. The normalized spacial score (nSPS) is 21.4. The van der Waals surface area contributed by atoms with Crippen molar-refractivity contribution >= 4 is 37.8 Å². The molecule has 0 aliphatic heterocycles. The molecular weight excluding hydrogens is 467 g/mol. The number of halogens is 7. The number of hydrogen-bond donors (Lipinski definition) is 0. The van der Waals surface area contributed by atoms with Crippen LogP contribution in [0, 0.1) is 46.3 Å². The highest BCUT2D eigenvalue weighted by Gasteiger charge is 2.61. The molecule has 0 spiro atoms. The minimum atomic E-state index is -2.25. The van der Waals surface area contributed by atoms with Crippen molar-refractivity contribution in [1.82, 2.24) is 0 Å². The fraction of sp³-hybridized carbons (Fsp3) is 0.400. The molecule has 0 N–H and O–H groups in total. The van der Waals surface area contributed by atoms with Crippen LogP contribution in [0.4, 0.5) is 22.0 Å². The van der Waals surface area contributed by atoms with Gasteiger partial charge in [-0.2, -0.15) is 0 Å². The third kappa shape index (κ3) is 3.37. The van der Waals surface area contributed by atoms with Gasteiger partial charge in [0.2, 0.25) is 5.82 Å². The molecule has 0 saturated heterocycles. The lowest BCUT2D eigenvalue weighted by molar-refractivity contribution is -0.147. The zero-order valence-electron chi connectivity index (χ0n) is 12.4. The Hall–Kier alpha value is -0.960. The third-order valence-electron chi connectivity index (χ3n) is 4.13. The molecule has 132 valence electrons. The summed E-state index contributed by atoms with van der Waals surface area (Å²) in [5.74, 6) is -11.9. The van der Waals surface area contributed by atoms with Gasteiger partial charge < -0.3 is 4.74 Å². The molecule has 2 atom stereocenters. The van der Waals surface area contributed by atoms with Crippen LogP contribution in [0.3, 0.4) is 0 Å². The predicted molar refractivity (Wildman–Crippen MR) is 82.7 cm³/mol. The fourth-order valence-electron chi connectivity index (χ4n) is 2.58. The van der Waals surface area contributed by atoms with Gasteiger partial charge in [0.25, 0.3) is 0 Å². The van der Waals surface area contributed by atoms with Crippen LogP contribution >= 0.6 is 31.9 Å². The standard InChI is InChI=1S/C15H11Br2F5O2/c1-15(2)6(3-7(16)17)8(15)14(23)24-4-5-9(18)11(20)13(22)12(21)10(5)19/h3,6,8H,4H2,1-2H3. The van der Waals surface area contributed by atoms with Crippen molar-refractivity contribution < 1.29 is 31.5 Å². The molecule has 1 fully saturated rings. The van der Waals surface area contributed by atoms with Crippen molar-refractivity contribution in [2.24, 2.45) is 17.3 Å². The van der Waals surface area contributed by atoms with E-state index in [4.69, 9.17) is 4.74 Å². The molecule has 24 heavy (non-hydrogen) atoms. The summed E-state index contributed by atoms with van der Waals surface area (Å²) in [5, 5.41) is 0. The number of ether oxygens (including phenoxy) is 1. The molecule has 2 nitrogen and oxygen atoms in total. The summed E-state index contributed by atoms with van der Waals surface area (Å²) in [6.45, 7) is 2.55. The molecule has 1 aromatic carbocycles. The third-order valence-corrected chi connectivity index (χ3v) is 4.66. The highest BCUT2D eigenvalue weighted by Crippen LogP contribution is 2.60. The van der Waals surface area contributed by atoms with Crippen LogP contribution in [0.2, 0.25) is 0 Å². The fourth-order valence-corrected chi connectivity index (χ4v) is 3.15. The van der Waals surface area contributed by atoms with Crippen molar-refractivity contribution in [3.05, 3.63) is 44.1 Å². The Labute approximate surface area is 151 Å². The first-order chi connectivity index (χ1) is 11.0. The van der Waals surface area contributed by atoms with Gasteiger partial charge in [-0.1, -0.05) is 19.9 Å². The second-order valence-electron chi connectivity index (χ2n) is 5.94. The highest BCUT2D eigenvalue weighted by atomic mass is 79.9. The van der Waals surface area contributed by atoms with Crippen LogP contribution < -0.4 is 0 Å². The van der Waals surface area contributed by atoms with Gasteiger partial charge in [0, 0.05) is 0 Å². The summed E-state index contributed by atoms with van der Waals surface area (Å²) in [6, 6.07) is 0. The van der Waals surface area contributed by atoms with Crippen LogP contribution in [0.15, 0.2) is 9.47 Å². The number of benzene rings is 1. The van der Waals surface area contributed by atoms with E-state index in [-0.39, 0.29) is 5.92 Å². The minimum absolute atomic E-state index is 0.185. The van der Waals surface area contributed by atoms with Gasteiger partial charge in [0.1, 0.15) is 6.61 Å². The van der Waals surface area contributed by atoms with Crippen LogP contribution in [0.25, 0.3) is 0 Å². The summed E-state index contributed by atoms with van der Waals surface area (Å²) < 4.78 is 71.6. The molecule has 1 aliphatic carbocycles. The maximum Gasteiger partial charge on any atom is 0.310 e. The monoisotopic (exact) mass is 476 g/mol. The van der Waals surface area contributed by atoms with E-state index in [2.05, 4.69) is 31.9 Å². The molecule has 2 unspecified atom stereocenters. The van der Waals surface area contributed by atoms with Gasteiger partial charge in [-0.3, -0.25) is 4.79 Å². The Kier molecular flexibility index (Phi) is 5.44. The van der Waals surface area contributed by atoms with E-state index in [9.17, 15) is 26.7 Å². The highest BCUT2D eigenvalue weighted by molar-refractivity contribution is 9.28. The second-order valence-corrected chi connectivity index (χ2v) is 8.71. The van der Waals surface area contributed by atoms with Crippen molar-refractivity contribution in [2.75, 3.05) is 0 Å². The Morgan fingerprint density at radius 3 is 1.96 bits per heavy atom. The quantitative estimate of drug-likeness (QED) is 0.253. The van der Waals surface area contributed by atoms with E-state index in [1.807, 2.05) is 0 Å². The largest absolute Gasteiger partial charge is 0.460 e. The van der Waals surface area contributed by atoms with Gasteiger partial charge in [-0.05, 0) is 43.2 Å². The van der Waals surface area contributed by atoms with Crippen molar-refractivity contribution in [3.63, 3.8) is 0 Å². The minimum Gasteiger partial charge on any atom is -0.460 e. The summed E-state index contributed by atoms with van der Waals surface area (Å²) in [6.07, 6.45) is 1.73. The Balaban J connectivity index is 2.16. The zero-order chi connectivity index (χ0) is 18.4. The van der Waals surface area contributed by atoms with Crippen molar-refractivity contribution in [2.45, 2.75) is 20.5 Å². The van der Waals surface area contributed by atoms with Crippen LogP contribution in [0.5, 0.6) is 0 Å². The molecule has 0 amide bonds. The van der Waals surface area contributed by atoms with Gasteiger partial charge in [0.15, 0.2) is 23.3 Å². The Morgan fingerprint density at radius 1 is 1.04 bits per heavy atom. The van der Waals surface area contributed by atoms with Crippen LogP contribution in [-0.2, 0) is 16.1 Å². The molecule has 0 bridgehead atoms. The van der Waals surface area contributed by atoms with E-state index in [0.29, 0.717) is 3.39 Å². The van der Waals surface area contributed by atoms with E-state index in [1.54, 1.807) is 19.9 Å². The number of carbonyl (C=O) groups excluding carboxylic acids is 1. The average molecular weight is 478 g/mol. The smallest absolute Gasteiger partial charge is 0.310 e. The average Bonchev–Trinajstić information content (AvgIpc) is 3.02. The van der Waals surface area contributed by atoms with Gasteiger partial charge >= 0.3 is 5.97 Å². The van der Waals surface area contributed by atoms with E-state index >= 15 is 0 Å². The molecule has 0 radical (unpaired) electrons. The van der Waals surface area contributed by atoms with Gasteiger partial charge in [-0.15, -0.1) is 0 Å². The van der Waals surface area contributed by atoms with Gasteiger partial charge in [0.05, 0.1) is 14.9 Å². The zero-order valence-corrected chi connectivity index (χ0v) is 15.6. The number of carbonyl (C=O) groups is 1. The molecule has 2 rings (SSSR count). The van der Waals surface area contributed by atoms with Crippen molar-refractivity contribution in [1.29, 1.82) is 0 Å². The molecule has 0 heterocycles. The maximum absolute atomic E-state index is 13.5. The summed E-state index contributed by atoms with van der Waals surface area (Å²) >= 11 is 6.34. The number of allylic oxidation sites excluding steroid dienone is 1. The summed E-state index contributed by atoms with van der Waals surface area (Å²) in [7, 11) is 0. The molecule has 0 aromatic heterocycles. The molecule has 1 aliphatic rings. The first-order valence-electron chi connectivity index (χ1n) is 6.69. The number of hydrogen-bond acceptors (Lipinski definition) is 2. The van der Waals surface area contributed by atoms with E-state index < -0.39 is 58.6 Å². The Bertz CT molecular complexity index is 700. The lowest BCUT2D eigenvalue weighted by atomic mass is 10.1. The van der Waals surface area contributed by atoms with Gasteiger partial charge in [-0.25, -0.2) is 22.0 Å². The number of rotatable bonds is 4. The van der Waals surface area contributed by atoms with Crippen LogP contribution in [0.1, 0.15) is 19.4 Å². The Morgan fingerprint density at radius 2 is 1.50 bits per heavy atom. The summed E-state index contributed by atoms with van der Waals surface area (Å²) in [4.78, 5) is 12.1. The topological polar surface area (TPSA) is 26.3 Å². The molecule has 9 heteroatoms.